The number of nitrogens with zero attached hydrogens (tertiary/aromatic N) is 2. The van der Waals surface area contributed by atoms with Crippen LogP contribution in [0.2, 0.25) is 5.02 Å². The Morgan fingerprint density at radius 1 is 1.06 bits per heavy atom. The van der Waals surface area contributed by atoms with Crippen molar-refractivity contribution in [3.63, 3.8) is 0 Å². The maximum absolute atomic E-state index is 13.2. The number of rotatable bonds is 4. The number of amides is 2. The molecule has 0 aliphatic carbocycles. The number of benzene rings is 2. The maximum Gasteiger partial charge on any atom is 0.416 e. The van der Waals surface area contributed by atoms with Crippen molar-refractivity contribution in [1.29, 1.82) is 0 Å². The van der Waals surface area contributed by atoms with E-state index in [-0.39, 0.29) is 24.6 Å². The SMILES string of the molecule is O=C(Nc1cc(C(F)(F)F)ccc1N1CCCC1)C1CC(=O)N(c2ccc(Cl)cc2)C1. The highest BCUT2D eigenvalue weighted by molar-refractivity contribution is 6.30. The molecule has 2 fully saturated rings. The van der Waals surface area contributed by atoms with Gasteiger partial charge in [-0.2, -0.15) is 13.2 Å². The lowest BCUT2D eigenvalue weighted by atomic mass is 10.1. The Labute approximate surface area is 182 Å². The van der Waals surface area contributed by atoms with Gasteiger partial charge >= 0.3 is 6.18 Å². The molecule has 2 aliphatic rings. The first-order chi connectivity index (χ1) is 14.7. The first-order valence-electron chi connectivity index (χ1n) is 10.1. The molecule has 2 aliphatic heterocycles. The summed E-state index contributed by atoms with van der Waals surface area (Å²) in [7, 11) is 0. The normalized spacial score (nSPS) is 19.2. The number of nitrogens with one attached hydrogen (secondary N) is 1. The number of carbonyl (C=O) groups is 2. The van der Waals surface area contributed by atoms with Crippen molar-refractivity contribution < 1.29 is 22.8 Å². The molecule has 2 amide bonds. The van der Waals surface area contributed by atoms with Crippen LogP contribution in [0.25, 0.3) is 0 Å². The van der Waals surface area contributed by atoms with E-state index in [2.05, 4.69) is 5.32 Å². The fourth-order valence-corrected chi connectivity index (χ4v) is 4.16. The monoisotopic (exact) mass is 451 g/mol. The van der Waals surface area contributed by atoms with Gasteiger partial charge in [-0.05, 0) is 55.3 Å². The van der Waals surface area contributed by atoms with E-state index >= 15 is 0 Å². The topological polar surface area (TPSA) is 52.7 Å². The summed E-state index contributed by atoms with van der Waals surface area (Å²) in [5.41, 5.74) is 0.495. The van der Waals surface area contributed by atoms with Crippen LogP contribution < -0.4 is 15.1 Å². The molecule has 1 N–H and O–H groups in total. The van der Waals surface area contributed by atoms with Gasteiger partial charge in [-0.25, -0.2) is 0 Å². The molecule has 1 unspecified atom stereocenters. The van der Waals surface area contributed by atoms with Gasteiger partial charge in [0.2, 0.25) is 11.8 Å². The van der Waals surface area contributed by atoms with Crippen molar-refractivity contribution in [2.75, 3.05) is 34.8 Å². The van der Waals surface area contributed by atoms with Gasteiger partial charge in [0.25, 0.3) is 0 Å². The second-order valence-electron chi connectivity index (χ2n) is 7.79. The molecular formula is C22H21ClF3N3O2. The third-order valence-corrected chi connectivity index (χ3v) is 5.91. The van der Waals surface area contributed by atoms with E-state index in [4.69, 9.17) is 11.6 Å². The third-order valence-electron chi connectivity index (χ3n) is 5.66. The zero-order valence-electron chi connectivity index (χ0n) is 16.6. The lowest BCUT2D eigenvalue weighted by molar-refractivity contribution is -0.137. The molecule has 4 rings (SSSR count). The zero-order chi connectivity index (χ0) is 22.2. The molecule has 0 aromatic heterocycles. The Kier molecular flexibility index (Phi) is 5.83. The molecule has 2 saturated heterocycles. The highest BCUT2D eigenvalue weighted by Gasteiger charge is 2.36. The maximum atomic E-state index is 13.2. The number of hydrogen-bond acceptors (Lipinski definition) is 3. The Hall–Kier alpha value is -2.74. The van der Waals surface area contributed by atoms with Crippen LogP contribution in [0.15, 0.2) is 42.5 Å². The summed E-state index contributed by atoms with van der Waals surface area (Å²) in [5, 5.41) is 3.19. The molecule has 2 aromatic carbocycles. The van der Waals surface area contributed by atoms with Gasteiger partial charge in [-0.15, -0.1) is 0 Å². The molecule has 0 bridgehead atoms. The van der Waals surface area contributed by atoms with Gasteiger partial charge in [0.1, 0.15) is 0 Å². The Balaban J connectivity index is 1.54. The summed E-state index contributed by atoms with van der Waals surface area (Å²) in [6.07, 6.45) is -2.63. The van der Waals surface area contributed by atoms with Crippen molar-refractivity contribution in [2.24, 2.45) is 5.92 Å². The van der Waals surface area contributed by atoms with E-state index in [9.17, 15) is 22.8 Å². The summed E-state index contributed by atoms with van der Waals surface area (Å²) in [6.45, 7) is 1.60. The van der Waals surface area contributed by atoms with Gasteiger partial charge < -0.3 is 15.1 Å². The smallest absolute Gasteiger partial charge is 0.370 e. The van der Waals surface area contributed by atoms with Gasteiger partial charge in [0, 0.05) is 36.8 Å². The number of halogens is 4. The average molecular weight is 452 g/mol. The average Bonchev–Trinajstić information content (AvgIpc) is 3.38. The summed E-state index contributed by atoms with van der Waals surface area (Å²) in [6, 6.07) is 10.1. The number of hydrogen-bond donors (Lipinski definition) is 1. The van der Waals surface area contributed by atoms with Crippen molar-refractivity contribution in [1.82, 2.24) is 0 Å². The van der Waals surface area contributed by atoms with Crippen LogP contribution in [0.5, 0.6) is 0 Å². The van der Waals surface area contributed by atoms with E-state index in [0.29, 0.717) is 16.4 Å². The van der Waals surface area contributed by atoms with Crippen LogP contribution in [0.4, 0.5) is 30.2 Å². The van der Waals surface area contributed by atoms with E-state index in [1.54, 1.807) is 24.3 Å². The van der Waals surface area contributed by atoms with Crippen LogP contribution in [-0.2, 0) is 15.8 Å². The standard InChI is InChI=1S/C22H21ClF3N3O2/c23-16-4-6-17(7-5-16)29-13-14(11-20(29)30)21(31)27-18-12-15(22(24,25)26)3-8-19(18)28-9-1-2-10-28/h3-8,12,14H,1-2,9-11,13H2,(H,27,31). The fraction of sp³-hybridized carbons (Fsp3) is 0.364. The minimum absolute atomic E-state index is 0.00747. The number of alkyl halides is 3. The van der Waals surface area contributed by atoms with E-state index in [1.165, 1.54) is 11.0 Å². The minimum Gasteiger partial charge on any atom is -0.370 e. The molecule has 2 heterocycles. The van der Waals surface area contributed by atoms with Crippen LogP contribution >= 0.6 is 11.6 Å². The largest absolute Gasteiger partial charge is 0.416 e. The van der Waals surface area contributed by atoms with Crippen molar-refractivity contribution >= 4 is 40.5 Å². The second kappa shape index (κ2) is 8.42. The van der Waals surface area contributed by atoms with Crippen molar-refractivity contribution in [3.8, 4) is 0 Å². The number of anilines is 3. The Morgan fingerprint density at radius 3 is 2.39 bits per heavy atom. The number of carbonyl (C=O) groups excluding carboxylic acids is 2. The van der Waals surface area contributed by atoms with E-state index < -0.39 is 23.6 Å². The minimum atomic E-state index is -4.52. The third kappa shape index (κ3) is 4.63. The quantitative estimate of drug-likeness (QED) is 0.715. The van der Waals surface area contributed by atoms with Crippen molar-refractivity contribution in [2.45, 2.75) is 25.4 Å². The summed E-state index contributed by atoms with van der Waals surface area (Å²) >= 11 is 5.89. The second-order valence-corrected chi connectivity index (χ2v) is 8.23. The Bertz CT molecular complexity index is 988. The lowest BCUT2D eigenvalue weighted by Gasteiger charge is -2.23. The zero-order valence-corrected chi connectivity index (χ0v) is 17.3. The molecule has 5 nitrogen and oxygen atoms in total. The molecule has 31 heavy (non-hydrogen) atoms. The van der Waals surface area contributed by atoms with Crippen LogP contribution in [0, 0.1) is 5.92 Å². The van der Waals surface area contributed by atoms with Crippen molar-refractivity contribution in [3.05, 3.63) is 53.1 Å². The molecule has 9 heteroatoms. The molecule has 0 saturated carbocycles. The molecule has 0 spiro atoms. The molecule has 0 radical (unpaired) electrons. The van der Waals surface area contributed by atoms with Gasteiger partial charge in [0.05, 0.1) is 22.9 Å². The lowest BCUT2D eigenvalue weighted by Crippen LogP contribution is -2.29. The summed E-state index contributed by atoms with van der Waals surface area (Å²) in [5.74, 6) is -1.35. The molecule has 164 valence electrons. The highest BCUT2D eigenvalue weighted by Crippen LogP contribution is 2.37. The van der Waals surface area contributed by atoms with Crippen LogP contribution in [-0.4, -0.2) is 31.4 Å². The molecular weight excluding hydrogens is 431 g/mol. The van der Waals surface area contributed by atoms with Crippen LogP contribution in [0.1, 0.15) is 24.8 Å². The van der Waals surface area contributed by atoms with E-state index in [1.807, 2.05) is 4.90 Å². The van der Waals surface area contributed by atoms with Crippen LogP contribution in [0.3, 0.4) is 0 Å². The summed E-state index contributed by atoms with van der Waals surface area (Å²) < 4.78 is 39.7. The first-order valence-corrected chi connectivity index (χ1v) is 10.4. The van der Waals surface area contributed by atoms with Gasteiger partial charge in [-0.1, -0.05) is 11.6 Å². The van der Waals surface area contributed by atoms with E-state index in [0.717, 1.165) is 38.1 Å². The van der Waals surface area contributed by atoms with Gasteiger partial charge in [0.15, 0.2) is 0 Å². The predicted molar refractivity (Wildman–Crippen MR) is 113 cm³/mol. The molecule has 2 aromatic rings. The van der Waals surface area contributed by atoms with Gasteiger partial charge in [-0.3, -0.25) is 9.59 Å². The first kappa shape index (κ1) is 21.5. The molecule has 1 atom stereocenters. The fourth-order valence-electron chi connectivity index (χ4n) is 4.03. The highest BCUT2D eigenvalue weighted by atomic mass is 35.5. The summed E-state index contributed by atoms with van der Waals surface area (Å²) in [4.78, 5) is 28.8. The Morgan fingerprint density at radius 2 is 1.74 bits per heavy atom. The predicted octanol–water partition coefficient (Wildman–Crippen LogP) is 4.95.